The molecule has 2 nitrogen and oxygen atoms in total. The summed E-state index contributed by atoms with van der Waals surface area (Å²) < 4.78 is 2.42. The predicted octanol–water partition coefficient (Wildman–Crippen LogP) is 5.10. The van der Waals surface area contributed by atoms with Crippen LogP contribution in [0.15, 0.2) is 18.2 Å². The van der Waals surface area contributed by atoms with Crippen LogP contribution in [0, 0.1) is 12.8 Å². The topological polar surface area (TPSA) is 17.8 Å². The summed E-state index contributed by atoms with van der Waals surface area (Å²) >= 11 is 5.97. The van der Waals surface area contributed by atoms with Crippen molar-refractivity contribution in [3.8, 4) is 0 Å². The number of para-hydroxylation sites is 1. The van der Waals surface area contributed by atoms with E-state index in [9.17, 15) is 0 Å². The van der Waals surface area contributed by atoms with Crippen LogP contribution in [-0.2, 0) is 13.0 Å². The Morgan fingerprint density at radius 1 is 1.24 bits per heavy atom. The first-order valence-corrected chi connectivity index (χ1v) is 8.83. The van der Waals surface area contributed by atoms with Gasteiger partial charge in [0.25, 0.3) is 0 Å². The van der Waals surface area contributed by atoms with E-state index in [-0.39, 0.29) is 0 Å². The van der Waals surface area contributed by atoms with Crippen molar-refractivity contribution in [2.45, 2.75) is 58.4 Å². The molecule has 1 saturated carbocycles. The molecular formula is C18H25ClN2. The molecule has 1 aromatic carbocycles. The number of benzene rings is 1. The number of hydrogen-bond donors (Lipinski definition) is 0. The number of aromatic nitrogens is 2. The third-order valence-electron chi connectivity index (χ3n) is 4.86. The number of aryl methyl sites for hydroxylation is 3. The van der Waals surface area contributed by atoms with Gasteiger partial charge in [-0.15, -0.1) is 11.6 Å². The Hall–Kier alpha value is -1.02. The number of hydrogen-bond acceptors (Lipinski definition) is 1. The maximum atomic E-state index is 5.97. The Morgan fingerprint density at radius 3 is 2.81 bits per heavy atom. The highest BCUT2D eigenvalue weighted by Crippen LogP contribution is 2.28. The van der Waals surface area contributed by atoms with Gasteiger partial charge in [-0.05, 0) is 30.9 Å². The maximum absolute atomic E-state index is 5.97. The summed E-state index contributed by atoms with van der Waals surface area (Å²) in [7, 11) is 0. The molecule has 1 aliphatic rings. The summed E-state index contributed by atoms with van der Waals surface area (Å²) in [6.07, 6.45) is 9.25. The van der Waals surface area contributed by atoms with Crippen molar-refractivity contribution in [2.24, 2.45) is 5.92 Å². The molecule has 3 rings (SSSR count). The molecule has 0 bridgehead atoms. The standard InChI is InChI=1S/C18H25ClN2/c1-14-6-5-9-16-18(14)20-17(10-12-19)21(16)13-11-15-7-3-2-4-8-15/h5-6,9,15H,2-4,7-8,10-13H2,1H3. The lowest BCUT2D eigenvalue weighted by molar-refractivity contribution is 0.324. The van der Waals surface area contributed by atoms with Crippen molar-refractivity contribution in [1.82, 2.24) is 9.55 Å². The minimum absolute atomic E-state index is 0.645. The second-order valence-electron chi connectivity index (χ2n) is 6.35. The van der Waals surface area contributed by atoms with E-state index in [1.165, 1.54) is 49.6 Å². The molecule has 0 spiro atoms. The normalized spacial score (nSPS) is 16.7. The molecule has 0 amide bonds. The smallest absolute Gasteiger partial charge is 0.111 e. The van der Waals surface area contributed by atoms with Gasteiger partial charge in [-0.2, -0.15) is 0 Å². The minimum atomic E-state index is 0.645. The number of rotatable bonds is 5. The van der Waals surface area contributed by atoms with Gasteiger partial charge in [0.1, 0.15) is 5.82 Å². The molecule has 0 atom stereocenters. The Kier molecular flexibility index (Phi) is 4.84. The lowest BCUT2D eigenvalue weighted by Crippen LogP contribution is -2.12. The first kappa shape index (κ1) is 14.9. The Balaban J connectivity index is 1.84. The van der Waals surface area contributed by atoms with Crippen molar-refractivity contribution in [3.05, 3.63) is 29.6 Å². The van der Waals surface area contributed by atoms with Crippen LogP contribution in [0.25, 0.3) is 11.0 Å². The van der Waals surface area contributed by atoms with Crippen LogP contribution < -0.4 is 0 Å². The molecule has 21 heavy (non-hydrogen) atoms. The van der Waals surface area contributed by atoms with E-state index in [2.05, 4.69) is 29.7 Å². The zero-order valence-corrected chi connectivity index (χ0v) is 13.7. The van der Waals surface area contributed by atoms with Gasteiger partial charge in [-0.3, -0.25) is 0 Å². The molecule has 0 saturated heterocycles. The van der Waals surface area contributed by atoms with E-state index < -0.39 is 0 Å². The van der Waals surface area contributed by atoms with Crippen LogP contribution in [-0.4, -0.2) is 15.4 Å². The van der Waals surface area contributed by atoms with Crippen molar-refractivity contribution >= 4 is 22.6 Å². The summed E-state index contributed by atoms with van der Waals surface area (Å²) in [6, 6.07) is 6.49. The van der Waals surface area contributed by atoms with Crippen molar-refractivity contribution in [1.29, 1.82) is 0 Å². The van der Waals surface area contributed by atoms with E-state index in [0.29, 0.717) is 5.88 Å². The SMILES string of the molecule is Cc1cccc2c1nc(CCCl)n2CCC1CCCCC1. The van der Waals surface area contributed by atoms with Crippen LogP contribution >= 0.6 is 11.6 Å². The quantitative estimate of drug-likeness (QED) is 0.703. The molecule has 3 heteroatoms. The molecule has 1 aliphatic carbocycles. The number of nitrogens with zero attached hydrogens (tertiary/aromatic N) is 2. The number of imidazole rings is 1. The lowest BCUT2D eigenvalue weighted by Gasteiger charge is -2.22. The van der Waals surface area contributed by atoms with Gasteiger partial charge in [0.2, 0.25) is 0 Å². The largest absolute Gasteiger partial charge is 0.328 e. The Bertz CT molecular complexity index is 597. The molecule has 0 N–H and O–H groups in total. The maximum Gasteiger partial charge on any atom is 0.111 e. The summed E-state index contributed by atoms with van der Waals surface area (Å²) in [5.74, 6) is 2.71. The van der Waals surface area contributed by atoms with Crippen molar-refractivity contribution in [2.75, 3.05) is 5.88 Å². The van der Waals surface area contributed by atoms with Gasteiger partial charge in [0.05, 0.1) is 11.0 Å². The van der Waals surface area contributed by atoms with Crippen molar-refractivity contribution in [3.63, 3.8) is 0 Å². The molecular weight excluding hydrogens is 280 g/mol. The molecule has 2 aromatic rings. The summed E-state index contributed by atoms with van der Waals surface area (Å²) in [6.45, 7) is 3.24. The van der Waals surface area contributed by atoms with E-state index in [1.54, 1.807) is 0 Å². The molecule has 0 unspecified atom stereocenters. The summed E-state index contributed by atoms with van der Waals surface area (Å²) in [4.78, 5) is 4.84. The minimum Gasteiger partial charge on any atom is -0.328 e. The monoisotopic (exact) mass is 304 g/mol. The predicted molar refractivity (Wildman–Crippen MR) is 90.1 cm³/mol. The van der Waals surface area contributed by atoms with Gasteiger partial charge >= 0.3 is 0 Å². The highest BCUT2D eigenvalue weighted by atomic mass is 35.5. The van der Waals surface area contributed by atoms with Crippen LogP contribution in [0.2, 0.25) is 0 Å². The summed E-state index contributed by atoms with van der Waals surface area (Å²) in [5.41, 5.74) is 3.70. The Labute approximate surface area is 132 Å². The van der Waals surface area contributed by atoms with Crippen LogP contribution in [0.5, 0.6) is 0 Å². The number of fused-ring (bicyclic) bond motifs is 1. The number of halogens is 1. The molecule has 114 valence electrons. The van der Waals surface area contributed by atoms with E-state index >= 15 is 0 Å². The first-order valence-electron chi connectivity index (χ1n) is 8.30. The zero-order chi connectivity index (χ0) is 14.7. The van der Waals surface area contributed by atoms with Gasteiger partial charge in [0.15, 0.2) is 0 Å². The van der Waals surface area contributed by atoms with Crippen molar-refractivity contribution < 1.29 is 0 Å². The average molecular weight is 305 g/mol. The van der Waals surface area contributed by atoms with Crippen LogP contribution in [0.1, 0.15) is 49.9 Å². The average Bonchev–Trinajstić information content (AvgIpc) is 2.86. The second-order valence-corrected chi connectivity index (χ2v) is 6.73. The van der Waals surface area contributed by atoms with E-state index in [4.69, 9.17) is 16.6 Å². The molecule has 1 heterocycles. The Morgan fingerprint density at radius 2 is 2.05 bits per heavy atom. The van der Waals surface area contributed by atoms with Gasteiger partial charge in [0, 0.05) is 18.8 Å². The second kappa shape index (κ2) is 6.83. The van der Waals surface area contributed by atoms with Gasteiger partial charge in [-0.1, -0.05) is 44.2 Å². The van der Waals surface area contributed by atoms with Gasteiger partial charge in [-0.25, -0.2) is 4.98 Å². The third kappa shape index (κ3) is 3.26. The zero-order valence-electron chi connectivity index (χ0n) is 12.9. The van der Waals surface area contributed by atoms with Crippen LogP contribution in [0.3, 0.4) is 0 Å². The fourth-order valence-electron chi connectivity index (χ4n) is 3.65. The fraction of sp³-hybridized carbons (Fsp3) is 0.611. The highest BCUT2D eigenvalue weighted by Gasteiger charge is 2.16. The fourth-order valence-corrected chi connectivity index (χ4v) is 3.82. The van der Waals surface area contributed by atoms with Gasteiger partial charge < -0.3 is 4.57 Å². The summed E-state index contributed by atoms with van der Waals surface area (Å²) in [5, 5.41) is 0. The molecule has 1 aromatic heterocycles. The van der Waals surface area contributed by atoms with E-state index in [1.807, 2.05) is 0 Å². The van der Waals surface area contributed by atoms with E-state index in [0.717, 1.165) is 30.2 Å². The van der Waals surface area contributed by atoms with Crippen LogP contribution in [0.4, 0.5) is 0 Å². The molecule has 0 radical (unpaired) electrons. The first-order chi connectivity index (χ1) is 10.3. The highest BCUT2D eigenvalue weighted by molar-refractivity contribution is 6.17. The third-order valence-corrected chi connectivity index (χ3v) is 5.05. The number of alkyl halides is 1. The molecule has 1 fully saturated rings. The molecule has 0 aliphatic heterocycles. The lowest BCUT2D eigenvalue weighted by atomic mass is 9.87.